The van der Waals surface area contributed by atoms with Gasteiger partial charge >= 0.3 is 0 Å². The quantitative estimate of drug-likeness (QED) is 0.672. The molecule has 1 aromatic rings. The standard InChI is InChI=1S/C18H30ClNSi/c1-14(2)13-17(20-21(3,4)5)18(11-6-12-18)15-7-9-16(19)10-8-15/h7-10,14,17,20H,6,11-13H2,1-5H3. The summed E-state index contributed by atoms with van der Waals surface area (Å²) in [5, 5.41) is 0.840. The van der Waals surface area contributed by atoms with Gasteiger partial charge < -0.3 is 4.98 Å². The summed E-state index contributed by atoms with van der Waals surface area (Å²) in [5.74, 6) is 0.726. The monoisotopic (exact) mass is 323 g/mol. The molecule has 0 amide bonds. The molecule has 1 aliphatic carbocycles. The van der Waals surface area contributed by atoms with Crippen molar-refractivity contribution in [2.75, 3.05) is 0 Å². The van der Waals surface area contributed by atoms with Crippen LogP contribution in [0.2, 0.25) is 24.7 Å². The maximum absolute atomic E-state index is 6.08. The largest absolute Gasteiger partial charge is 0.334 e. The highest BCUT2D eigenvalue weighted by molar-refractivity contribution is 6.73. The van der Waals surface area contributed by atoms with E-state index in [0.29, 0.717) is 11.5 Å². The van der Waals surface area contributed by atoms with Crippen LogP contribution in [-0.2, 0) is 5.41 Å². The van der Waals surface area contributed by atoms with Crippen LogP contribution in [0.3, 0.4) is 0 Å². The second kappa shape index (κ2) is 6.43. The van der Waals surface area contributed by atoms with E-state index in [9.17, 15) is 0 Å². The number of nitrogens with one attached hydrogen (secondary N) is 1. The molecule has 0 aliphatic heterocycles. The summed E-state index contributed by atoms with van der Waals surface area (Å²) in [4.78, 5) is 4.05. The minimum absolute atomic E-state index is 0.329. The molecule has 1 aliphatic rings. The molecule has 1 fully saturated rings. The van der Waals surface area contributed by atoms with E-state index in [1.54, 1.807) is 0 Å². The summed E-state index contributed by atoms with van der Waals surface area (Å²) in [6, 6.07) is 9.20. The van der Waals surface area contributed by atoms with Crippen molar-refractivity contribution < 1.29 is 0 Å². The van der Waals surface area contributed by atoms with Gasteiger partial charge in [-0.05, 0) is 42.9 Å². The lowest BCUT2D eigenvalue weighted by molar-refractivity contribution is 0.166. The normalized spacial score (nSPS) is 19.4. The van der Waals surface area contributed by atoms with Crippen LogP contribution in [0.5, 0.6) is 0 Å². The Balaban J connectivity index is 2.31. The van der Waals surface area contributed by atoms with E-state index in [1.807, 2.05) is 0 Å². The summed E-state index contributed by atoms with van der Waals surface area (Å²) in [7, 11) is -1.30. The molecule has 0 saturated heterocycles. The van der Waals surface area contributed by atoms with Gasteiger partial charge in [-0.25, -0.2) is 0 Å². The third kappa shape index (κ3) is 4.11. The predicted octanol–water partition coefficient (Wildman–Crippen LogP) is 5.60. The predicted molar refractivity (Wildman–Crippen MR) is 96.7 cm³/mol. The first-order chi connectivity index (χ1) is 9.73. The molecule has 0 heterocycles. The van der Waals surface area contributed by atoms with Gasteiger partial charge in [0.05, 0.1) is 0 Å². The van der Waals surface area contributed by atoms with Crippen LogP contribution in [0, 0.1) is 5.92 Å². The molecular weight excluding hydrogens is 294 g/mol. The van der Waals surface area contributed by atoms with E-state index in [0.717, 1.165) is 10.9 Å². The number of hydrogen-bond acceptors (Lipinski definition) is 1. The zero-order valence-corrected chi connectivity index (χ0v) is 15.9. The molecule has 1 unspecified atom stereocenters. The lowest BCUT2D eigenvalue weighted by Gasteiger charge is -2.51. The van der Waals surface area contributed by atoms with Gasteiger partial charge in [-0.3, -0.25) is 0 Å². The molecule has 3 heteroatoms. The number of halogens is 1. The minimum Gasteiger partial charge on any atom is -0.334 e. The molecule has 1 nitrogen and oxygen atoms in total. The van der Waals surface area contributed by atoms with E-state index in [1.165, 1.54) is 31.2 Å². The van der Waals surface area contributed by atoms with Crippen molar-refractivity contribution in [1.29, 1.82) is 0 Å². The third-order valence-electron chi connectivity index (χ3n) is 4.65. The highest BCUT2D eigenvalue weighted by Crippen LogP contribution is 2.48. The Kier molecular flexibility index (Phi) is 5.22. The van der Waals surface area contributed by atoms with Crippen LogP contribution in [0.1, 0.15) is 45.1 Å². The second-order valence-corrected chi connectivity index (χ2v) is 13.3. The summed E-state index contributed by atoms with van der Waals surface area (Å²) in [5.41, 5.74) is 1.81. The van der Waals surface area contributed by atoms with E-state index < -0.39 is 8.24 Å². The van der Waals surface area contributed by atoms with Crippen LogP contribution in [0.25, 0.3) is 0 Å². The fourth-order valence-electron chi connectivity index (χ4n) is 3.59. The Bertz CT molecular complexity index is 457. The van der Waals surface area contributed by atoms with Crippen LogP contribution in [0.15, 0.2) is 24.3 Å². The van der Waals surface area contributed by atoms with Crippen molar-refractivity contribution in [2.45, 2.75) is 70.6 Å². The summed E-state index contributed by atoms with van der Waals surface area (Å²) in [6.45, 7) is 11.9. The molecule has 1 atom stereocenters. The van der Waals surface area contributed by atoms with Crippen molar-refractivity contribution in [1.82, 2.24) is 4.98 Å². The first-order valence-electron chi connectivity index (χ1n) is 8.27. The average Bonchev–Trinajstić information content (AvgIpc) is 2.27. The topological polar surface area (TPSA) is 12.0 Å². The Labute approximate surface area is 136 Å². The smallest absolute Gasteiger partial charge is 0.116 e. The van der Waals surface area contributed by atoms with Crippen LogP contribution < -0.4 is 4.98 Å². The summed E-state index contributed by atoms with van der Waals surface area (Å²) >= 11 is 6.08. The molecule has 0 bridgehead atoms. The number of hydrogen-bond donors (Lipinski definition) is 1. The maximum atomic E-state index is 6.08. The molecule has 1 aromatic carbocycles. The van der Waals surface area contributed by atoms with Gasteiger partial charge in [0.1, 0.15) is 8.24 Å². The molecule has 1 N–H and O–H groups in total. The third-order valence-corrected chi connectivity index (χ3v) is 6.11. The van der Waals surface area contributed by atoms with Crippen molar-refractivity contribution >= 4 is 19.8 Å². The lowest BCUT2D eigenvalue weighted by Crippen LogP contribution is -2.60. The number of rotatable bonds is 6. The van der Waals surface area contributed by atoms with Crippen molar-refractivity contribution in [3.63, 3.8) is 0 Å². The van der Waals surface area contributed by atoms with Gasteiger partial charge in [-0.2, -0.15) is 0 Å². The molecular formula is C18H30ClNSi. The summed E-state index contributed by atoms with van der Waals surface area (Å²) < 4.78 is 0. The van der Waals surface area contributed by atoms with E-state index in [4.69, 9.17) is 11.6 Å². The lowest BCUT2D eigenvalue weighted by atomic mass is 9.59. The molecule has 0 spiro atoms. The van der Waals surface area contributed by atoms with Gasteiger partial charge in [-0.15, -0.1) is 0 Å². The first-order valence-corrected chi connectivity index (χ1v) is 12.1. The number of benzene rings is 1. The average molecular weight is 324 g/mol. The van der Waals surface area contributed by atoms with Crippen molar-refractivity contribution in [3.05, 3.63) is 34.9 Å². The SMILES string of the molecule is CC(C)CC(N[Si](C)(C)C)C1(c2ccc(Cl)cc2)CCC1. The van der Waals surface area contributed by atoms with Crippen LogP contribution >= 0.6 is 11.6 Å². The zero-order valence-electron chi connectivity index (χ0n) is 14.2. The van der Waals surface area contributed by atoms with Gasteiger partial charge in [-0.1, -0.05) is 63.6 Å². The molecule has 0 aromatic heterocycles. The van der Waals surface area contributed by atoms with Gasteiger partial charge in [0, 0.05) is 16.5 Å². The van der Waals surface area contributed by atoms with Crippen molar-refractivity contribution in [2.24, 2.45) is 5.92 Å². The minimum atomic E-state index is -1.30. The zero-order chi connectivity index (χ0) is 15.7. The van der Waals surface area contributed by atoms with Crippen LogP contribution in [0.4, 0.5) is 0 Å². The molecule has 21 heavy (non-hydrogen) atoms. The highest BCUT2D eigenvalue weighted by Gasteiger charge is 2.46. The first kappa shape index (κ1) is 17.0. The Morgan fingerprint density at radius 2 is 1.71 bits per heavy atom. The Hall–Kier alpha value is -0.313. The fourth-order valence-corrected chi connectivity index (χ4v) is 5.16. The van der Waals surface area contributed by atoms with Crippen molar-refractivity contribution in [3.8, 4) is 0 Å². The van der Waals surface area contributed by atoms with Gasteiger partial charge in [0.2, 0.25) is 0 Å². The fraction of sp³-hybridized carbons (Fsp3) is 0.667. The summed E-state index contributed by atoms with van der Waals surface area (Å²) in [6.07, 6.45) is 5.23. The molecule has 0 radical (unpaired) electrons. The molecule has 118 valence electrons. The Morgan fingerprint density at radius 3 is 2.10 bits per heavy atom. The Morgan fingerprint density at radius 1 is 1.14 bits per heavy atom. The van der Waals surface area contributed by atoms with E-state index in [-0.39, 0.29) is 0 Å². The van der Waals surface area contributed by atoms with E-state index >= 15 is 0 Å². The molecule has 1 saturated carbocycles. The van der Waals surface area contributed by atoms with Gasteiger partial charge in [0.25, 0.3) is 0 Å². The highest BCUT2D eigenvalue weighted by atomic mass is 35.5. The van der Waals surface area contributed by atoms with Gasteiger partial charge in [0.15, 0.2) is 0 Å². The van der Waals surface area contributed by atoms with Crippen LogP contribution in [-0.4, -0.2) is 14.3 Å². The van der Waals surface area contributed by atoms with E-state index in [2.05, 4.69) is 62.7 Å². The molecule has 2 rings (SSSR count). The maximum Gasteiger partial charge on any atom is 0.116 e. The second-order valence-electron chi connectivity index (χ2n) is 8.09.